The molecule has 0 aromatic heterocycles. The van der Waals surface area contributed by atoms with Gasteiger partial charge in [-0.25, -0.2) is 0 Å². The molecule has 1 saturated heterocycles. The van der Waals surface area contributed by atoms with Gasteiger partial charge in [0.25, 0.3) is 0 Å². The van der Waals surface area contributed by atoms with Gasteiger partial charge in [-0.05, 0) is 48.0 Å². The molecule has 1 unspecified atom stereocenters. The molecular weight excluding hydrogens is 310 g/mol. The lowest BCUT2D eigenvalue weighted by atomic mass is 9.89. The SMILES string of the molecule is CCOC(=O)C(C#N)[C@@H]1C[C@H](COC(C)(C)C)[C@H]2OC(C)(C)O[C@H]21. The standard InChI is InChI=1S/C18H29NO5/c1-7-21-16(20)13(9-19)12-8-11(10-22-17(2,3)4)14-15(12)24-18(5,6)23-14/h11-15H,7-8,10H2,1-6H3/t11-,12+,13?,14-,15+/m1/s1. The van der Waals surface area contributed by atoms with Crippen LogP contribution in [0.25, 0.3) is 0 Å². The summed E-state index contributed by atoms with van der Waals surface area (Å²) in [6, 6.07) is 2.11. The predicted molar refractivity (Wildman–Crippen MR) is 86.9 cm³/mol. The average Bonchev–Trinajstić information content (AvgIpc) is 2.91. The number of esters is 1. The smallest absolute Gasteiger partial charge is 0.323 e. The first-order chi connectivity index (χ1) is 11.1. The second-order valence-corrected chi connectivity index (χ2v) is 8.01. The van der Waals surface area contributed by atoms with Crippen molar-refractivity contribution in [1.29, 1.82) is 5.26 Å². The monoisotopic (exact) mass is 339 g/mol. The molecule has 0 amide bonds. The normalized spacial score (nSPS) is 32.9. The highest BCUT2D eigenvalue weighted by molar-refractivity contribution is 5.75. The van der Waals surface area contributed by atoms with E-state index in [2.05, 4.69) is 6.07 Å². The molecule has 136 valence electrons. The van der Waals surface area contributed by atoms with Crippen LogP contribution in [0.5, 0.6) is 0 Å². The number of hydrogen-bond donors (Lipinski definition) is 0. The summed E-state index contributed by atoms with van der Waals surface area (Å²) < 4.78 is 23.1. The van der Waals surface area contributed by atoms with Crippen LogP contribution in [-0.4, -0.2) is 42.8 Å². The Morgan fingerprint density at radius 1 is 1.33 bits per heavy atom. The summed E-state index contributed by atoms with van der Waals surface area (Å²) in [5.74, 6) is -2.19. The molecule has 2 fully saturated rings. The molecule has 1 aliphatic heterocycles. The molecule has 24 heavy (non-hydrogen) atoms. The van der Waals surface area contributed by atoms with E-state index in [9.17, 15) is 10.1 Å². The van der Waals surface area contributed by atoms with Crippen LogP contribution in [-0.2, 0) is 23.7 Å². The second kappa shape index (κ2) is 6.99. The van der Waals surface area contributed by atoms with E-state index in [4.69, 9.17) is 18.9 Å². The van der Waals surface area contributed by atoms with Crippen LogP contribution in [0.1, 0.15) is 48.0 Å². The Balaban J connectivity index is 2.17. The van der Waals surface area contributed by atoms with Crippen molar-refractivity contribution in [2.45, 2.75) is 71.6 Å². The van der Waals surface area contributed by atoms with Gasteiger partial charge >= 0.3 is 5.97 Å². The maximum absolute atomic E-state index is 12.2. The van der Waals surface area contributed by atoms with Crippen LogP contribution in [0.15, 0.2) is 0 Å². The van der Waals surface area contributed by atoms with Gasteiger partial charge in [-0.1, -0.05) is 0 Å². The molecule has 1 saturated carbocycles. The Hall–Kier alpha value is -1.16. The average molecular weight is 339 g/mol. The number of fused-ring (bicyclic) bond motifs is 1. The van der Waals surface area contributed by atoms with Crippen molar-refractivity contribution in [3.8, 4) is 6.07 Å². The number of rotatable bonds is 5. The van der Waals surface area contributed by atoms with E-state index in [1.807, 2.05) is 34.6 Å². The molecule has 6 heteroatoms. The van der Waals surface area contributed by atoms with Crippen LogP contribution < -0.4 is 0 Å². The lowest BCUT2D eigenvalue weighted by Gasteiger charge is -2.27. The zero-order valence-corrected chi connectivity index (χ0v) is 15.5. The molecule has 2 aliphatic rings. The number of hydrogen-bond acceptors (Lipinski definition) is 6. The Morgan fingerprint density at radius 2 is 1.96 bits per heavy atom. The van der Waals surface area contributed by atoms with Crippen molar-refractivity contribution in [2.75, 3.05) is 13.2 Å². The number of nitrogens with zero attached hydrogens (tertiary/aromatic N) is 1. The Morgan fingerprint density at radius 3 is 2.50 bits per heavy atom. The Bertz CT molecular complexity index is 505. The van der Waals surface area contributed by atoms with E-state index in [1.54, 1.807) is 6.92 Å². The molecule has 0 radical (unpaired) electrons. The quantitative estimate of drug-likeness (QED) is 0.717. The summed E-state index contributed by atoms with van der Waals surface area (Å²) in [5.41, 5.74) is -0.252. The molecular formula is C18H29NO5. The highest BCUT2D eigenvalue weighted by atomic mass is 16.8. The first kappa shape index (κ1) is 19.2. The van der Waals surface area contributed by atoms with Crippen molar-refractivity contribution in [3.05, 3.63) is 0 Å². The van der Waals surface area contributed by atoms with Crippen LogP contribution in [0.2, 0.25) is 0 Å². The van der Waals surface area contributed by atoms with Crippen LogP contribution in [0.4, 0.5) is 0 Å². The summed E-state index contributed by atoms with van der Waals surface area (Å²) in [6.45, 7) is 12.2. The van der Waals surface area contributed by atoms with Gasteiger partial charge in [-0.15, -0.1) is 0 Å². The number of nitriles is 1. The second-order valence-electron chi connectivity index (χ2n) is 8.01. The minimum absolute atomic E-state index is 0.0891. The van der Waals surface area contributed by atoms with Crippen LogP contribution in [0.3, 0.4) is 0 Å². The highest BCUT2D eigenvalue weighted by Crippen LogP contribution is 2.47. The van der Waals surface area contributed by atoms with Gasteiger partial charge in [0.2, 0.25) is 0 Å². The lowest BCUT2D eigenvalue weighted by molar-refractivity contribution is -0.170. The van der Waals surface area contributed by atoms with Gasteiger partial charge < -0.3 is 18.9 Å². The fraction of sp³-hybridized carbons (Fsp3) is 0.889. The van der Waals surface area contributed by atoms with E-state index in [-0.39, 0.29) is 36.3 Å². The predicted octanol–water partition coefficient (Wildman–Crippen LogP) is 2.66. The molecule has 0 spiro atoms. The van der Waals surface area contributed by atoms with Crippen molar-refractivity contribution >= 4 is 5.97 Å². The Labute approximate surface area is 144 Å². The first-order valence-corrected chi connectivity index (χ1v) is 8.64. The Kier molecular flexibility index (Phi) is 5.58. The summed E-state index contributed by atoms with van der Waals surface area (Å²) in [4.78, 5) is 12.2. The van der Waals surface area contributed by atoms with Gasteiger partial charge in [-0.2, -0.15) is 5.26 Å². The third-order valence-corrected chi connectivity index (χ3v) is 4.46. The third-order valence-electron chi connectivity index (χ3n) is 4.46. The topological polar surface area (TPSA) is 77.8 Å². The van der Waals surface area contributed by atoms with E-state index in [0.717, 1.165) is 0 Å². The fourth-order valence-electron chi connectivity index (χ4n) is 3.53. The summed E-state index contributed by atoms with van der Waals surface area (Å²) in [7, 11) is 0. The van der Waals surface area contributed by atoms with Crippen molar-refractivity contribution in [2.24, 2.45) is 17.8 Å². The number of carbonyl (C=O) groups excluding carboxylic acids is 1. The molecule has 0 aromatic rings. The van der Waals surface area contributed by atoms with Crippen LogP contribution >= 0.6 is 0 Å². The maximum Gasteiger partial charge on any atom is 0.323 e. The molecule has 0 aromatic carbocycles. The molecule has 5 atom stereocenters. The van der Waals surface area contributed by atoms with Crippen molar-refractivity contribution in [1.82, 2.24) is 0 Å². The number of carbonyl (C=O) groups is 1. The zero-order chi connectivity index (χ0) is 18.1. The van der Waals surface area contributed by atoms with E-state index >= 15 is 0 Å². The summed E-state index contributed by atoms with van der Waals surface area (Å²) in [5, 5.41) is 9.50. The molecule has 6 nitrogen and oxygen atoms in total. The van der Waals surface area contributed by atoms with Gasteiger partial charge in [0.15, 0.2) is 5.79 Å². The number of ether oxygens (including phenoxy) is 4. The van der Waals surface area contributed by atoms with E-state index in [0.29, 0.717) is 13.0 Å². The minimum Gasteiger partial charge on any atom is -0.465 e. The van der Waals surface area contributed by atoms with E-state index < -0.39 is 17.7 Å². The summed E-state index contributed by atoms with van der Waals surface area (Å²) >= 11 is 0. The van der Waals surface area contributed by atoms with Crippen LogP contribution in [0, 0.1) is 29.1 Å². The zero-order valence-electron chi connectivity index (χ0n) is 15.5. The van der Waals surface area contributed by atoms with Gasteiger partial charge in [-0.3, -0.25) is 4.79 Å². The molecule has 1 aliphatic carbocycles. The van der Waals surface area contributed by atoms with Gasteiger partial charge in [0, 0.05) is 11.8 Å². The van der Waals surface area contributed by atoms with Crippen molar-refractivity contribution in [3.63, 3.8) is 0 Å². The molecule has 2 rings (SSSR count). The summed E-state index contributed by atoms with van der Waals surface area (Å²) in [6.07, 6.45) is 0.193. The highest BCUT2D eigenvalue weighted by Gasteiger charge is 2.57. The minimum atomic E-state index is -0.838. The third kappa shape index (κ3) is 4.27. The van der Waals surface area contributed by atoms with Crippen molar-refractivity contribution < 1.29 is 23.7 Å². The maximum atomic E-state index is 12.2. The van der Waals surface area contributed by atoms with Gasteiger partial charge in [0.1, 0.15) is 5.92 Å². The fourth-order valence-corrected chi connectivity index (χ4v) is 3.53. The van der Waals surface area contributed by atoms with Gasteiger partial charge in [0.05, 0.1) is 37.1 Å². The van der Waals surface area contributed by atoms with E-state index in [1.165, 1.54) is 0 Å². The molecule has 0 bridgehead atoms. The lowest BCUT2D eigenvalue weighted by Crippen LogP contribution is -2.34. The first-order valence-electron chi connectivity index (χ1n) is 8.64. The molecule has 0 N–H and O–H groups in total. The largest absolute Gasteiger partial charge is 0.465 e. The molecule has 1 heterocycles.